The van der Waals surface area contributed by atoms with Gasteiger partial charge in [-0.15, -0.1) is 0 Å². The molecule has 1 aromatic heterocycles. The standard InChI is InChI=1S/C17H13BrN2O/c18-15-6-3-9-19-17(15)20-16(21)11-12-7-8-13-4-1-2-5-14(13)10-12/h1-10H,11H2,(H,19,20,21). The van der Waals surface area contributed by atoms with Gasteiger partial charge in [0.1, 0.15) is 5.82 Å². The number of fused-ring (bicyclic) bond motifs is 1. The number of benzene rings is 2. The fourth-order valence-electron chi connectivity index (χ4n) is 2.19. The maximum absolute atomic E-state index is 12.1. The first kappa shape index (κ1) is 13.8. The van der Waals surface area contributed by atoms with Gasteiger partial charge in [-0.3, -0.25) is 4.79 Å². The molecule has 2 aromatic carbocycles. The molecule has 3 aromatic rings. The Balaban J connectivity index is 1.75. The van der Waals surface area contributed by atoms with Gasteiger partial charge in [0.2, 0.25) is 5.91 Å². The number of nitrogens with zero attached hydrogens (tertiary/aromatic N) is 1. The fourth-order valence-corrected chi connectivity index (χ4v) is 2.54. The van der Waals surface area contributed by atoms with Crippen LogP contribution >= 0.6 is 15.9 Å². The van der Waals surface area contributed by atoms with Crippen molar-refractivity contribution in [2.24, 2.45) is 0 Å². The van der Waals surface area contributed by atoms with Gasteiger partial charge in [0.05, 0.1) is 10.9 Å². The Morgan fingerprint density at radius 2 is 1.86 bits per heavy atom. The molecule has 0 unspecified atom stereocenters. The summed E-state index contributed by atoms with van der Waals surface area (Å²) in [6, 6.07) is 17.8. The highest BCUT2D eigenvalue weighted by Gasteiger charge is 2.07. The van der Waals surface area contributed by atoms with E-state index in [9.17, 15) is 4.79 Å². The topological polar surface area (TPSA) is 42.0 Å². The summed E-state index contributed by atoms with van der Waals surface area (Å²) in [7, 11) is 0. The average molecular weight is 341 g/mol. The number of hydrogen-bond acceptors (Lipinski definition) is 2. The molecule has 3 rings (SSSR count). The number of halogens is 1. The van der Waals surface area contributed by atoms with Gasteiger partial charge in [-0.1, -0.05) is 42.5 Å². The molecular weight excluding hydrogens is 328 g/mol. The summed E-state index contributed by atoms with van der Waals surface area (Å²) >= 11 is 3.37. The van der Waals surface area contributed by atoms with Gasteiger partial charge in [0.25, 0.3) is 0 Å². The van der Waals surface area contributed by atoms with E-state index < -0.39 is 0 Å². The average Bonchev–Trinajstić information content (AvgIpc) is 2.49. The first-order chi connectivity index (χ1) is 10.2. The highest BCUT2D eigenvalue weighted by Crippen LogP contribution is 2.19. The molecule has 3 nitrogen and oxygen atoms in total. The van der Waals surface area contributed by atoms with Gasteiger partial charge in [0, 0.05) is 6.20 Å². The number of pyridine rings is 1. The van der Waals surface area contributed by atoms with Crippen molar-refractivity contribution < 1.29 is 4.79 Å². The summed E-state index contributed by atoms with van der Waals surface area (Å²) in [4.78, 5) is 16.2. The zero-order valence-electron chi connectivity index (χ0n) is 11.2. The maximum atomic E-state index is 12.1. The molecule has 21 heavy (non-hydrogen) atoms. The summed E-state index contributed by atoms with van der Waals surface area (Å²) in [6.45, 7) is 0. The normalized spacial score (nSPS) is 10.5. The Morgan fingerprint density at radius 1 is 1.05 bits per heavy atom. The number of nitrogens with one attached hydrogen (secondary N) is 1. The minimum absolute atomic E-state index is 0.0790. The number of rotatable bonds is 3. The lowest BCUT2D eigenvalue weighted by atomic mass is 10.1. The summed E-state index contributed by atoms with van der Waals surface area (Å²) < 4.78 is 0.775. The summed E-state index contributed by atoms with van der Waals surface area (Å²) in [5, 5.41) is 5.13. The second-order valence-electron chi connectivity index (χ2n) is 4.74. The van der Waals surface area contributed by atoms with Crippen molar-refractivity contribution in [1.82, 2.24) is 4.98 Å². The van der Waals surface area contributed by atoms with E-state index in [0.717, 1.165) is 15.4 Å². The number of carbonyl (C=O) groups excluding carboxylic acids is 1. The largest absolute Gasteiger partial charge is 0.309 e. The van der Waals surface area contributed by atoms with E-state index in [-0.39, 0.29) is 5.91 Å². The molecule has 0 atom stereocenters. The molecular formula is C17H13BrN2O. The Labute approximate surface area is 131 Å². The SMILES string of the molecule is O=C(Cc1ccc2ccccc2c1)Nc1ncccc1Br. The molecule has 0 aliphatic rings. The quantitative estimate of drug-likeness (QED) is 0.777. The lowest BCUT2D eigenvalue weighted by Gasteiger charge is -2.07. The van der Waals surface area contributed by atoms with Crippen molar-refractivity contribution in [3.63, 3.8) is 0 Å². The number of anilines is 1. The van der Waals surface area contributed by atoms with Crippen LogP contribution < -0.4 is 5.32 Å². The van der Waals surface area contributed by atoms with Crippen LogP contribution in [0.5, 0.6) is 0 Å². The van der Waals surface area contributed by atoms with Crippen molar-refractivity contribution in [1.29, 1.82) is 0 Å². The maximum Gasteiger partial charge on any atom is 0.229 e. The number of amides is 1. The van der Waals surface area contributed by atoms with E-state index >= 15 is 0 Å². The summed E-state index contributed by atoms with van der Waals surface area (Å²) in [5.41, 5.74) is 0.984. The molecule has 1 heterocycles. The second-order valence-corrected chi connectivity index (χ2v) is 5.59. The molecule has 0 radical (unpaired) electrons. The van der Waals surface area contributed by atoms with Crippen molar-refractivity contribution in [2.45, 2.75) is 6.42 Å². The first-order valence-electron chi connectivity index (χ1n) is 6.60. The van der Waals surface area contributed by atoms with Crippen molar-refractivity contribution in [3.8, 4) is 0 Å². The van der Waals surface area contributed by atoms with Crippen LogP contribution in [0, 0.1) is 0 Å². The van der Waals surface area contributed by atoms with Crippen molar-refractivity contribution in [2.75, 3.05) is 5.32 Å². The highest BCUT2D eigenvalue weighted by molar-refractivity contribution is 9.10. The van der Waals surface area contributed by atoms with Gasteiger partial charge in [-0.05, 0) is 44.4 Å². The van der Waals surface area contributed by atoms with E-state index in [2.05, 4.69) is 32.3 Å². The molecule has 0 bridgehead atoms. The number of carbonyl (C=O) groups is 1. The van der Waals surface area contributed by atoms with E-state index in [1.807, 2.05) is 48.5 Å². The van der Waals surface area contributed by atoms with Crippen LogP contribution in [0.4, 0.5) is 5.82 Å². The van der Waals surface area contributed by atoms with Crippen LogP contribution in [0.15, 0.2) is 65.3 Å². The molecule has 0 saturated carbocycles. The summed E-state index contributed by atoms with van der Waals surface area (Å²) in [5.74, 6) is 0.466. The third kappa shape index (κ3) is 3.28. The predicted octanol–water partition coefficient (Wildman–Crippen LogP) is 4.18. The molecule has 0 saturated heterocycles. The third-order valence-corrected chi connectivity index (χ3v) is 3.83. The first-order valence-corrected chi connectivity index (χ1v) is 7.40. The van der Waals surface area contributed by atoms with Crippen LogP contribution in [-0.2, 0) is 11.2 Å². The van der Waals surface area contributed by atoms with E-state index in [0.29, 0.717) is 12.2 Å². The van der Waals surface area contributed by atoms with Crippen LogP contribution in [0.2, 0.25) is 0 Å². The zero-order chi connectivity index (χ0) is 14.7. The lowest BCUT2D eigenvalue weighted by molar-refractivity contribution is -0.115. The minimum Gasteiger partial charge on any atom is -0.309 e. The zero-order valence-corrected chi connectivity index (χ0v) is 12.8. The predicted molar refractivity (Wildman–Crippen MR) is 88.2 cm³/mol. The number of aromatic nitrogens is 1. The summed E-state index contributed by atoms with van der Waals surface area (Å²) in [6.07, 6.45) is 1.98. The van der Waals surface area contributed by atoms with Crippen molar-refractivity contribution >= 4 is 38.4 Å². The Kier molecular flexibility index (Phi) is 3.97. The van der Waals surface area contributed by atoms with Crippen molar-refractivity contribution in [3.05, 3.63) is 70.8 Å². The highest BCUT2D eigenvalue weighted by atomic mass is 79.9. The van der Waals surface area contributed by atoms with Gasteiger partial charge < -0.3 is 5.32 Å². The molecule has 104 valence electrons. The van der Waals surface area contributed by atoms with E-state index in [1.165, 1.54) is 5.39 Å². The molecule has 4 heteroatoms. The van der Waals surface area contributed by atoms with E-state index in [1.54, 1.807) is 6.20 Å². The van der Waals surface area contributed by atoms with Gasteiger partial charge in [-0.25, -0.2) is 4.98 Å². The van der Waals surface area contributed by atoms with Crippen LogP contribution in [0.25, 0.3) is 10.8 Å². The lowest BCUT2D eigenvalue weighted by Crippen LogP contribution is -2.15. The molecule has 0 aliphatic heterocycles. The van der Waals surface area contributed by atoms with Crippen LogP contribution in [0.3, 0.4) is 0 Å². The minimum atomic E-state index is -0.0790. The van der Waals surface area contributed by atoms with E-state index in [4.69, 9.17) is 0 Å². The molecule has 1 amide bonds. The molecule has 0 fully saturated rings. The fraction of sp³-hybridized carbons (Fsp3) is 0.0588. The molecule has 0 spiro atoms. The Hall–Kier alpha value is -2.20. The molecule has 0 aliphatic carbocycles. The smallest absolute Gasteiger partial charge is 0.229 e. The van der Waals surface area contributed by atoms with Gasteiger partial charge >= 0.3 is 0 Å². The van der Waals surface area contributed by atoms with Gasteiger partial charge in [0.15, 0.2) is 0 Å². The number of hydrogen-bond donors (Lipinski definition) is 1. The third-order valence-electron chi connectivity index (χ3n) is 3.19. The monoisotopic (exact) mass is 340 g/mol. The second kappa shape index (κ2) is 6.06. The van der Waals surface area contributed by atoms with Crippen LogP contribution in [0.1, 0.15) is 5.56 Å². The van der Waals surface area contributed by atoms with Gasteiger partial charge in [-0.2, -0.15) is 0 Å². The molecule has 1 N–H and O–H groups in total. The Morgan fingerprint density at radius 3 is 2.67 bits per heavy atom. The Bertz CT molecular complexity index is 801. The van der Waals surface area contributed by atoms with Crippen LogP contribution in [-0.4, -0.2) is 10.9 Å².